The zero-order valence-corrected chi connectivity index (χ0v) is 26.1. The zero-order chi connectivity index (χ0) is 31.4. The Morgan fingerprint density at radius 3 is 2.07 bits per heavy atom. The summed E-state index contributed by atoms with van der Waals surface area (Å²) in [5, 5.41) is 5.51. The van der Waals surface area contributed by atoms with Crippen molar-refractivity contribution in [1.29, 1.82) is 0 Å². The highest BCUT2D eigenvalue weighted by Gasteiger charge is 2.30. The van der Waals surface area contributed by atoms with Gasteiger partial charge in [-0.15, -0.1) is 0 Å². The van der Waals surface area contributed by atoms with Crippen molar-refractivity contribution in [1.82, 2.24) is 10.2 Å². The zero-order valence-electron chi connectivity index (χ0n) is 26.1. The van der Waals surface area contributed by atoms with Gasteiger partial charge in [0.15, 0.2) is 0 Å². The third-order valence-corrected chi connectivity index (χ3v) is 7.00. The minimum absolute atomic E-state index is 0.0844. The Balaban J connectivity index is 1.41. The molecule has 1 unspecified atom stereocenters. The van der Waals surface area contributed by atoms with Gasteiger partial charge in [-0.2, -0.15) is 0 Å². The fourth-order valence-electron chi connectivity index (χ4n) is 4.78. The molecular weight excluding hydrogens is 548 g/mol. The van der Waals surface area contributed by atoms with Crippen molar-refractivity contribution in [3.05, 3.63) is 59.7 Å². The van der Waals surface area contributed by atoms with E-state index in [2.05, 4.69) is 15.5 Å². The van der Waals surface area contributed by atoms with Crippen LogP contribution in [0.4, 0.5) is 16.2 Å². The summed E-state index contributed by atoms with van der Waals surface area (Å²) in [5.74, 6) is -0.0714. The molecule has 1 atom stereocenters. The monoisotopic (exact) mass is 592 g/mol. The predicted molar refractivity (Wildman–Crippen MR) is 165 cm³/mol. The van der Waals surface area contributed by atoms with Gasteiger partial charge in [-0.3, -0.25) is 14.5 Å². The van der Waals surface area contributed by atoms with Gasteiger partial charge in [0.2, 0.25) is 11.8 Å². The van der Waals surface area contributed by atoms with Gasteiger partial charge in [0.05, 0.1) is 12.1 Å². The summed E-state index contributed by atoms with van der Waals surface area (Å²) in [5.41, 5.74) is 1.08. The van der Waals surface area contributed by atoms with Crippen LogP contribution >= 0.6 is 0 Å². The third kappa shape index (κ3) is 10.1. The number of hydrogen-bond acceptors (Lipinski definition) is 7. The second-order valence-electron chi connectivity index (χ2n) is 13.4. The molecule has 1 saturated carbocycles. The first-order valence-electron chi connectivity index (χ1n) is 14.9. The van der Waals surface area contributed by atoms with E-state index >= 15 is 0 Å². The molecule has 2 aliphatic rings. The van der Waals surface area contributed by atoms with Crippen LogP contribution in [0.3, 0.4) is 0 Å². The number of nitrogens with zero attached hydrogens (tertiary/aromatic N) is 2. The molecule has 2 aromatic rings. The molecule has 232 valence electrons. The fraction of sp³-hybridized carbons (Fsp3) is 0.515. The van der Waals surface area contributed by atoms with Crippen LogP contribution in [0.15, 0.2) is 48.5 Å². The average Bonchev–Trinajstić information content (AvgIpc) is 3.71. The number of alkyl carbamates (subject to hydrolysis) is 1. The quantitative estimate of drug-likeness (QED) is 0.403. The van der Waals surface area contributed by atoms with Crippen molar-refractivity contribution < 1.29 is 28.7 Å². The highest BCUT2D eigenvalue weighted by molar-refractivity contribution is 5.98. The van der Waals surface area contributed by atoms with Gasteiger partial charge in [0.25, 0.3) is 0 Å². The van der Waals surface area contributed by atoms with Crippen molar-refractivity contribution in [2.75, 3.05) is 36.4 Å². The summed E-state index contributed by atoms with van der Waals surface area (Å²) in [4.78, 5) is 55.2. The van der Waals surface area contributed by atoms with Crippen molar-refractivity contribution in [3.8, 4) is 0 Å². The van der Waals surface area contributed by atoms with Gasteiger partial charge in [-0.05, 0) is 102 Å². The number of amides is 3. The number of ether oxygens (including phenoxy) is 2. The molecule has 0 spiro atoms. The number of carbonyl (C=O) groups is 4. The van der Waals surface area contributed by atoms with Crippen LogP contribution in [0.1, 0.15) is 70.3 Å². The molecule has 1 saturated heterocycles. The summed E-state index contributed by atoms with van der Waals surface area (Å²) in [6, 6.07) is 12.9. The van der Waals surface area contributed by atoms with Gasteiger partial charge in [0, 0.05) is 37.4 Å². The van der Waals surface area contributed by atoms with Gasteiger partial charge in [-0.25, -0.2) is 9.59 Å². The van der Waals surface area contributed by atoms with Crippen LogP contribution in [-0.4, -0.2) is 72.2 Å². The first-order valence-corrected chi connectivity index (χ1v) is 14.9. The Hall–Kier alpha value is -3.92. The standard InChI is InChI=1S/C33H44N4O6/c1-32(2,3)42-30(40)24-11-13-25(14-12-24)34-29(39)27(35-31(41)43-33(4,5)6)19-22-9-15-26(16-10-22)37-18-17-36(21-28(37)38)20-23-7-8-23/h9-16,23,27H,7-8,17-21H2,1-6H3,(H,34,39)(H,35,41). The van der Waals surface area contributed by atoms with Gasteiger partial charge in [0.1, 0.15) is 17.2 Å². The topological polar surface area (TPSA) is 117 Å². The van der Waals surface area contributed by atoms with Crippen LogP contribution in [0.2, 0.25) is 0 Å². The number of benzene rings is 2. The van der Waals surface area contributed by atoms with Crippen LogP contribution < -0.4 is 15.5 Å². The van der Waals surface area contributed by atoms with Gasteiger partial charge < -0.3 is 25.0 Å². The molecule has 2 N–H and O–H groups in total. The van der Waals surface area contributed by atoms with E-state index < -0.39 is 35.2 Å². The molecular formula is C33H44N4O6. The maximum absolute atomic E-state index is 13.4. The lowest BCUT2D eigenvalue weighted by molar-refractivity contribution is -0.121. The molecule has 0 bridgehead atoms. The average molecular weight is 593 g/mol. The lowest BCUT2D eigenvalue weighted by atomic mass is 10.0. The summed E-state index contributed by atoms with van der Waals surface area (Å²) in [7, 11) is 0. The lowest BCUT2D eigenvalue weighted by Gasteiger charge is -2.34. The second-order valence-corrected chi connectivity index (χ2v) is 13.4. The third-order valence-electron chi connectivity index (χ3n) is 7.00. The van der Waals surface area contributed by atoms with Gasteiger partial charge >= 0.3 is 12.1 Å². The minimum Gasteiger partial charge on any atom is -0.456 e. The minimum atomic E-state index is -0.946. The molecule has 1 aliphatic heterocycles. The Kier molecular flexibility index (Phi) is 9.79. The number of nitrogens with one attached hydrogen (secondary N) is 2. The van der Waals surface area contributed by atoms with E-state index in [-0.39, 0.29) is 12.3 Å². The van der Waals surface area contributed by atoms with Crippen molar-refractivity contribution in [2.24, 2.45) is 5.92 Å². The molecule has 2 fully saturated rings. The Morgan fingerprint density at radius 1 is 0.884 bits per heavy atom. The molecule has 0 aromatic heterocycles. The molecule has 0 radical (unpaired) electrons. The highest BCUT2D eigenvalue weighted by Crippen LogP contribution is 2.30. The molecule has 10 nitrogen and oxygen atoms in total. The Bertz CT molecular complexity index is 1310. The van der Waals surface area contributed by atoms with E-state index in [1.807, 2.05) is 24.3 Å². The summed E-state index contributed by atoms with van der Waals surface area (Å²) in [6.45, 7) is 13.6. The molecule has 1 aliphatic carbocycles. The number of carbonyl (C=O) groups excluding carboxylic acids is 4. The molecule has 43 heavy (non-hydrogen) atoms. The van der Waals surface area contributed by atoms with Crippen molar-refractivity contribution >= 4 is 35.3 Å². The van der Waals surface area contributed by atoms with Crippen LogP contribution in [0.25, 0.3) is 0 Å². The second kappa shape index (κ2) is 13.2. The smallest absolute Gasteiger partial charge is 0.408 e. The molecule has 2 aromatic carbocycles. The van der Waals surface area contributed by atoms with E-state index in [1.165, 1.54) is 12.8 Å². The first kappa shape index (κ1) is 32.0. The SMILES string of the molecule is CC(C)(C)OC(=O)NC(Cc1ccc(N2CCN(CC3CC3)CC2=O)cc1)C(=O)Nc1ccc(C(=O)OC(C)(C)C)cc1. The lowest BCUT2D eigenvalue weighted by Crippen LogP contribution is -2.51. The van der Waals surface area contributed by atoms with E-state index in [4.69, 9.17) is 9.47 Å². The van der Waals surface area contributed by atoms with E-state index in [0.717, 1.165) is 30.3 Å². The number of hydrogen-bond donors (Lipinski definition) is 2. The maximum Gasteiger partial charge on any atom is 0.408 e. The van der Waals surface area contributed by atoms with E-state index in [1.54, 1.807) is 70.7 Å². The highest BCUT2D eigenvalue weighted by atomic mass is 16.6. The van der Waals surface area contributed by atoms with Crippen molar-refractivity contribution in [2.45, 2.75) is 78.0 Å². The molecule has 1 heterocycles. The van der Waals surface area contributed by atoms with Gasteiger partial charge in [-0.1, -0.05) is 12.1 Å². The molecule has 4 rings (SSSR count). The molecule has 3 amide bonds. The number of piperazine rings is 1. The summed E-state index contributed by atoms with van der Waals surface area (Å²) >= 11 is 0. The largest absolute Gasteiger partial charge is 0.456 e. The summed E-state index contributed by atoms with van der Waals surface area (Å²) in [6.07, 6.45) is 2.01. The Morgan fingerprint density at radius 2 is 1.51 bits per heavy atom. The predicted octanol–water partition coefficient (Wildman–Crippen LogP) is 4.78. The first-order chi connectivity index (χ1) is 20.1. The number of rotatable bonds is 9. The van der Waals surface area contributed by atoms with E-state index in [0.29, 0.717) is 24.3 Å². The van der Waals surface area contributed by atoms with Crippen LogP contribution in [0, 0.1) is 5.92 Å². The van der Waals surface area contributed by atoms with Crippen LogP contribution in [0.5, 0.6) is 0 Å². The number of anilines is 2. The van der Waals surface area contributed by atoms with Crippen molar-refractivity contribution in [3.63, 3.8) is 0 Å². The summed E-state index contributed by atoms with van der Waals surface area (Å²) < 4.78 is 10.8. The number of esters is 1. The fourth-order valence-corrected chi connectivity index (χ4v) is 4.78. The Labute approximate surface area is 254 Å². The van der Waals surface area contributed by atoms with E-state index in [9.17, 15) is 19.2 Å². The maximum atomic E-state index is 13.4. The molecule has 10 heteroatoms. The normalized spacial score (nSPS) is 16.8. The van der Waals surface area contributed by atoms with Crippen LogP contribution in [-0.2, 0) is 25.5 Å².